The molecular formula is C17H13BrN4O. The monoisotopic (exact) mass is 368 g/mol. The van der Waals surface area contributed by atoms with Gasteiger partial charge in [0.2, 0.25) is 0 Å². The van der Waals surface area contributed by atoms with Crippen molar-refractivity contribution in [1.29, 1.82) is 0 Å². The zero-order valence-electron chi connectivity index (χ0n) is 12.1. The Morgan fingerprint density at radius 1 is 0.826 bits per heavy atom. The second-order valence-corrected chi connectivity index (χ2v) is 5.58. The number of aliphatic hydroxyl groups excluding tert-OH is 1. The van der Waals surface area contributed by atoms with Gasteiger partial charge in [-0.2, -0.15) is 0 Å². The molecule has 114 valence electrons. The number of pyridine rings is 4. The molecule has 0 bridgehead atoms. The van der Waals surface area contributed by atoms with Gasteiger partial charge in [-0.1, -0.05) is 0 Å². The average Bonchev–Trinajstić information content (AvgIpc) is 2.62. The highest BCUT2D eigenvalue weighted by molar-refractivity contribution is 9.10. The van der Waals surface area contributed by atoms with Crippen molar-refractivity contribution in [3.8, 4) is 0 Å². The van der Waals surface area contributed by atoms with Gasteiger partial charge in [-0.3, -0.25) is 19.9 Å². The highest BCUT2D eigenvalue weighted by Crippen LogP contribution is 2.18. The fourth-order valence-electron chi connectivity index (χ4n) is 2.14. The van der Waals surface area contributed by atoms with Crippen molar-refractivity contribution in [2.75, 3.05) is 0 Å². The van der Waals surface area contributed by atoms with E-state index in [2.05, 4.69) is 35.9 Å². The van der Waals surface area contributed by atoms with Crippen LogP contribution in [0.25, 0.3) is 21.8 Å². The molecule has 0 aromatic carbocycles. The predicted octanol–water partition coefficient (Wildman–Crippen LogP) is 3.51. The maximum absolute atomic E-state index is 8.96. The first-order chi connectivity index (χ1) is 11.3. The first-order valence-corrected chi connectivity index (χ1v) is 7.71. The molecule has 0 aliphatic heterocycles. The summed E-state index contributed by atoms with van der Waals surface area (Å²) in [5.74, 6) is 0. The Hall–Kier alpha value is -2.44. The predicted molar refractivity (Wildman–Crippen MR) is 92.7 cm³/mol. The molecule has 4 aromatic rings. The fraction of sp³-hybridized carbons (Fsp3) is 0.0588. The lowest BCUT2D eigenvalue weighted by Crippen LogP contribution is -1.89. The Labute approximate surface area is 141 Å². The molecule has 4 rings (SSSR count). The fourth-order valence-corrected chi connectivity index (χ4v) is 2.59. The number of nitrogens with zero attached hydrogens (tertiary/aromatic N) is 4. The van der Waals surface area contributed by atoms with E-state index in [1.54, 1.807) is 37.2 Å². The van der Waals surface area contributed by atoms with Crippen LogP contribution in [-0.4, -0.2) is 25.0 Å². The van der Waals surface area contributed by atoms with Crippen LogP contribution in [0, 0.1) is 0 Å². The number of aromatic nitrogens is 4. The molecule has 1 N–H and O–H groups in total. The van der Waals surface area contributed by atoms with Gasteiger partial charge in [-0.05, 0) is 40.2 Å². The number of rotatable bonds is 1. The SMILES string of the molecule is Brc1cncc2cccnc12.OCc1cncc2cccnc12. The molecular weight excluding hydrogens is 356 g/mol. The van der Waals surface area contributed by atoms with Crippen molar-refractivity contribution >= 4 is 37.7 Å². The average molecular weight is 369 g/mol. The van der Waals surface area contributed by atoms with E-state index in [0.29, 0.717) is 0 Å². The van der Waals surface area contributed by atoms with Gasteiger partial charge in [0.25, 0.3) is 0 Å². The number of hydrogen-bond acceptors (Lipinski definition) is 5. The van der Waals surface area contributed by atoms with Crippen LogP contribution in [0.5, 0.6) is 0 Å². The maximum Gasteiger partial charge on any atom is 0.0875 e. The molecule has 0 atom stereocenters. The summed E-state index contributed by atoms with van der Waals surface area (Å²) in [5.41, 5.74) is 2.56. The third kappa shape index (κ3) is 3.49. The molecule has 0 unspecified atom stereocenters. The van der Waals surface area contributed by atoms with Crippen LogP contribution in [0.2, 0.25) is 0 Å². The van der Waals surface area contributed by atoms with Crippen LogP contribution in [-0.2, 0) is 6.61 Å². The van der Waals surface area contributed by atoms with Crippen molar-refractivity contribution in [1.82, 2.24) is 19.9 Å². The zero-order valence-corrected chi connectivity index (χ0v) is 13.7. The third-order valence-electron chi connectivity index (χ3n) is 3.22. The van der Waals surface area contributed by atoms with Crippen LogP contribution < -0.4 is 0 Å². The Bertz CT molecular complexity index is 935. The Balaban J connectivity index is 0.000000136. The van der Waals surface area contributed by atoms with Gasteiger partial charge in [0.05, 0.1) is 22.1 Å². The van der Waals surface area contributed by atoms with E-state index < -0.39 is 0 Å². The van der Waals surface area contributed by atoms with Crippen LogP contribution in [0.4, 0.5) is 0 Å². The summed E-state index contributed by atoms with van der Waals surface area (Å²) in [5, 5.41) is 11.0. The van der Waals surface area contributed by atoms with E-state index in [1.807, 2.05) is 24.3 Å². The van der Waals surface area contributed by atoms with E-state index in [0.717, 1.165) is 31.8 Å². The Morgan fingerprint density at radius 3 is 2.09 bits per heavy atom. The highest BCUT2D eigenvalue weighted by atomic mass is 79.9. The molecule has 6 heteroatoms. The minimum atomic E-state index is -0.0125. The van der Waals surface area contributed by atoms with Crippen molar-refractivity contribution in [2.45, 2.75) is 6.61 Å². The van der Waals surface area contributed by atoms with Crippen molar-refractivity contribution in [3.63, 3.8) is 0 Å². The van der Waals surface area contributed by atoms with Gasteiger partial charge in [0.15, 0.2) is 0 Å². The molecule has 0 fully saturated rings. The molecule has 0 radical (unpaired) electrons. The molecule has 4 aromatic heterocycles. The van der Waals surface area contributed by atoms with Crippen molar-refractivity contribution in [3.05, 3.63) is 71.5 Å². The molecule has 5 nitrogen and oxygen atoms in total. The smallest absolute Gasteiger partial charge is 0.0875 e. The van der Waals surface area contributed by atoms with Gasteiger partial charge >= 0.3 is 0 Å². The van der Waals surface area contributed by atoms with Crippen molar-refractivity contribution in [2.24, 2.45) is 0 Å². The number of hydrogen-bond donors (Lipinski definition) is 1. The lowest BCUT2D eigenvalue weighted by molar-refractivity contribution is 0.282. The van der Waals surface area contributed by atoms with Gasteiger partial charge < -0.3 is 5.11 Å². The van der Waals surface area contributed by atoms with Gasteiger partial charge in [0.1, 0.15) is 0 Å². The Morgan fingerprint density at radius 2 is 1.43 bits per heavy atom. The van der Waals surface area contributed by atoms with E-state index in [1.165, 1.54) is 0 Å². The van der Waals surface area contributed by atoms with E-state index >= 15 is 0 Å². The second kappa shape index (κ2) is 7.21. The summed E-state index contributed by atoms with van der Waals surface area (Å²) in [6, 6.07) is 7.66. The van der Waals surface area contributed by atoms with Gasteiger partial charge in [0, 0.05) is 53.5 Å². The van der Waals surface area contributed by atoms with Crippen LogP contribution in [0.15, 0.2) is 65.9 Å². The lowest BCUT2D eigenvalue weighted by Gasteiger charge is -1.99. The maximum atomic E-state index is 8.96. The zero-order chi connectivity index (χ0) is 16.1. The largest absolute Gasteiger partial charge is 0.392 e. The van der Waals surface area contributed by atoms with E-state index in [9.17, 15) is 0 Å². The van der Waals surface area contributed by atoms with Crippen LogP contribution >= 0.6 is 15.9 Å². The van der Waals surface area contributed by atoms with E-state index in [-0.39, 0.29) is 6.61 Å². The number of halogens is 1. The normalized spacial score (nSPS) is 10.3. The summed E-state index contributed by atoms with van der Waals surface area (Å²) in [4.78, 5) is 16.4. The molecule has 0 saturated carbocycles. The van der Waals surface area contributed by atoms with Gasteiger partial charge in [-0.25, -0.2) is 0 Å². The number of aliphatic hydroxyl groups is 1. The third-order valence-corrected chi connectivity index (χ3v) is 3.80. The Kier molecular flexibility index (Phi) is 4.85. The summed E-state index contributed by atoms with van der Waals surface area (Å²) < 4.78 is 0.940. The molecule has 23 heavy (non-hydrogen) atoms. The summed E-state index contributed by atoms with van der Waals surface area (Å²) in [6.45, 7) is -0.0125. The quantitative estimate of drug-likeness (QED) is 0.556. The second-order valence-electron chi connectivity index (χ2n) is 4.73. The first-order valence-electron chi connectivity index (χ1n) is 6.92. The van der Waals surface area contributed by atoms with Crippen LogP contribution in [0.1, 0.15) is 5.56 Å². The summed E-state index contributed by atoms with van der Waals surface area (Å²) in [7, 11) is 0. The molecule has 0 spiro atoms. The number of fused-ring (bicyclic) bond motifs is 2. The minimum absolute atomic E-state index is 0.0125. The molecule has 0 amide bonds. The highest BCUT2D eigenvalue weighted by Gasteiger charge is 1.99. The summed E-state index contributed by atoms with van der Waals surface area (Å²) >= 11 is 3.37. The minimum Gasteiger partial charge on any atom is -0.392 e. The first kappa shape index (κ1) is 15.5. The van der Waals surface area contributed by atoms with E-state index in [4.69, 9.17) is 5.11 Å². The summed E-state index contributed by atoms with van der Waals surface area (Å²) in [6.07, 6.45) is 10.4. The molecule has 0 aliphatic rings. The topological polar surface area (TPSA) is 71.8 Å². The molecule has 4 heterocycles. The van der Waals surface area contributed by atoms with Gasteiger partial charge in [-0.15, -0.1) is 0 Å². The van der Waals surface area contributed by atoms with Crippen molar-refractivity contribution < 1.29 is 5.11 Å². The standard InChI is InChI=1S/C9H8N2O.C8H5BrN2/c12-6-8-5-10-4-7-2-1-3-11-9(7)8;9-7-5-10-4-6-2-1-3-11-8(6)7/h1-5,12H,6H2;1-5H. The molecule has 0 aliphatic carbocycles. The molecule has 0 saturated heterocycles. The van der Waals surface area contributed by atoms with Crippen LogP contribution in [0.3, 0.4) is 0 Å². The lowest BCUT2D eigenvalue weighted by atomic mass is 10.2.